The monoisotopic (exact) mass is 280 g/mol. The molecule has 0 aromatic carbocycles. The summed E-state index contributed by atoms with van der Waals surface area (Å²) in [7, 11) is 2.27. The van der Waals surface area contributed by atoms with Crippen molar-refractivity contribution in [1.29, 1.82) is 0 Å². The van der Waals surface area contributed by atoms with Crippen molar-refractivity contribution in [1.82, 2.24) is 10.2 Å². The molecular formula is C17H32N2O. The average Bonchev–Trinajstić information content (AvgIpc) is 2.70. The zero-order valence-corrected chi connectivity index (χ0v) is 13.5. The quantitative estimate of drug-likeness (QED) is 0.774. The van der Waals surface area contributed by atoms with Gasteiger partial charge in [0.15, 0.2) is 0 Å². The van der Waals surface area contributed by atoms with Crippen LogP contribution in [-0.4, -0.2) is 41.4 Å². The summed E-state index contributed by atoms with van der Waals surface area (Å²) in [6, 6.07) is 1.34. The van der Waals surface area contributed by atoms with Crippen LogP contribution < -0.4 is 5.32 Å². The molecule has 3 fully saturated rings. The van der Waals surface area contributed by atoms with Crippen LogP contribution in [0.25, 0.3) is 0 Å². The first kappa shape index (κ1) is 14.8. The third kappa shape index (κ3) is 2.53. The fourth-order valence-electron chi connectivity index (χ4n) is 5.21. The second kappa shape index (κ2) is 5.58. The molecule has 1 aliphatic heterocycles. The molecule has 0 aromatic rings. The van der Waals surface area contributed by atoms with Gasteiger partial charge >= 0.3 is 0 Å². The Kier molecular flexibility index (Phi) is 4.13. The molecule has 0 aromatic heterocycles. The Balaban J connectivity index is 1.73. The van der Waals surface area contributed by atoms with Crippen molar-refractivity contribution in [2.75, 3.05) is 7.05 Å². The van der Waals surface area contributed by atoms with Crippen molar-refractivity contribution in [2.24, 2.45) is 23.7 Å². The summed E-state index contributed by atoms with van der Waals surface area (Å²) < 4.78 is 0. The van der Waals surface area contributed by atoms with E-state index >= 15 is 0 Å². The molecule has 1 saturated heterocycles. The van der Waals surface area contributed by atoms with Gasteiger partial charge in [0.1, 0.15) is 0 Å². The molecule has 0 amide bonds. The summed E-state index contributed by atoms with van der Waals surface area (Å²) in [5.74, 6) is 2.44. The van der Waals surface area contributed by atoms with E-state index in [0.717, 1.165) is 11.8 Å². The number of fused-ring (bicyclic) bond motifs is 1. The van der Waals surface area contributed by atoms with Crippen LogP contribution in [0.4, 0.5) is 0 Å². The summed E-state index contributed by atoms with van der Waals surface area (Å²) in [5, 5.41) is 14.5. The Labute approximate surface area is 124 Å². The van der Waals surface area contributed by atoms with Crippen LogP contribution in [0, 0.1) is 23.7 Å². The number of nitrogens with zero attached hydrogens (tertiary/aromatic N) is 1. The van der Waals surface area contributed by atoms with E-state index < -0.39 is 0 Å². The Morgan fingerprint density at radius 2 is 1.75 bits per heavy atom. The number of aliphatic hydroxyl groups is 1. The van der Waals surface area contributed by atoms with E-state index in [2.05, 4.69) is 38.0 Å². The van der Waals surface area contributed by atoms with Crippen LogP contribution in [0.5, 0.6) is 0 Å². The predicted octanol–water partition coefficient (Wildman–Crippen LogP) is 2.45. The lowest BCUT2D eigenvalue weighted by atomic mass is 9.73. The third-order valence-corrected chi connectivity index (χ3v) is 6.30. The fourth-order valence-corrected chi connectivity index (χ4v) is 5.21. The molecule has 0 spiro atoms. The highest BCUT2D eigenvalue weighted by Gasteiger charge is 2.47. The van der Waals surface area contributed by atoms with E-state index in [-0.39, 0.29) is 6.10 Å². The molecule has 2 aliphatic carbocycles. The van der Waals surface area contributed by atoms with Crippen LogP contribution in [-0.2, 0) is 0 Å². The maximum Gasteiger partial charge on any atom is 0.0654 e. The molecule has 3 heteroatoms. The first-order valence-corrected chi connectivity index (χ1v) is 8.63. The highest BCUT2D eigenvalue weighted by atomic mass is 16.3. The predicted molar refractivity (Wildman–Crippen MR) is 82.3 cm³/mol. The largest absolute Gasteiger partial charge is 0.392 e. The number of aliphatic hydroxyl groups excluding tert-OH is 1. The number of hydrogen-bond acceptors (Lipinski definition) is 3. The lowest BCUT2D eigenvalue weighted by Gasteiger charge is -2.42. The van der Waals surface area contributed by atoms with Gasteiger partial charge in [-0.15, -0.1) is 0 Å². The molecule has 8 unspecified atom stereocenters. The van der Waals surface area contributed by atoms with E-state index in [4.69, 9.17) is 0 Å². The zero-order valence-electron chi connectivity index (χ0n) is 13.5. The van der Waals surface area contributed by atoms with Crippen LogP contribution >= 0.6 is 0 Å². The molecule has 3 nitrogen and oxygen atoms in total. The molecule has 2 N–H and O–H groups in total. The molecular weight excluding hydrogens is 248 g/mol. The second-order valence-electron chi connectivity index (χ2n) is 8.08. The van der Waals surface area contributed by atoms with Crippen LogP contribution in [0.15, 0.2) is 0 Å². The summed E-state index contributed by atoms with van der Waals surface area (Å²) in [5.41, 5.74) is 0. The number of nitrogens with one attached hydrogen (secondary N) is 1. The summed E-state index contributed by atoms with van der Waals surface area (Å²) >= 11 is 0. The van der Waals surface area contributed by atoms with E-state index in [0.29, 0.717) is 30.1 Å². The maximum atomic E-state index is 10.7. The van der Waals surface area contributed by atoms with E-state index in [9.17, 15) is 5.11 Å². The fraction of sp³-hybridized carbons (Fsp3) is 1.00. The smallest absolute Gasteiger partial charge is 0.0654 e. The molecule has 0 bridgehead atoms. The maximum absolute atomic E-state index is 10.7. The van der Waals surface area contributed by atoms with Crippen LogP contribution in [0.3, 0.4) is 0 Å². The lowest BCUT2D eigenvalue weighted by Crippen LogP contribution is -2.51. The molecule has 3 rings (SSSR count). The lowest BCUT2D eigenvalue weighted by molar-refractivity contribution is -0.0321. The zero-order chi connectivity index (χ0) is 14.4. The normalized spacial score (nSPS) is 53.9. The van der Waals surface area contributed by atoms with Gasteiger partial charge in [-0.1, -0.05) is 20.8 Å². The number of likely N-dealkylation sites (N-methyl/N-ethyl adjacent to an activating group) is 1. The van der Waals surface area contributed by atoms with E-state index in [1.807, 2.05) is 0 Å². The van der Waals surface area contributed by atoms with Gasteiger partial charge in [-0.2, -0.15) is 0 Å². The number of rotatable bonds is 1. The molecule has 2 saturated carbocycles. The first-order valence-electron chi connectivity index (χ1n) is 8.63. The number of hydrogen-bond donors (Lipinski definition) is 2. The van der Waals surface area contributed by atoms with Crippen molar-refractivity contribution >= 4 is 0 Å². The molecule has 1 heterocycles. The minimum absolute atomic E-state index is 0.135. The minimum atomic E-state index is -0.135. The van der Waals surface area contributed by atoms with Gasteiger partial charge < -0.3 is 5.11 Å². The third-order valence-electron chi connectivity index (χ3n) is 6.30. The summed E-state index contributed by atoms with van der Waals surface area (Å²) in [6.45, 7) is 6.95. The van der Waals surface area contributed by atoms with E-state index in [1.165, 1.54) is 32.1 Å². The molecule has 0 radical (unpaired) electrons. The molecule has 3 aliphatic rings. The Hall–Kier alpha value is -0.120. The van der Waals surface area contributed by atoms with Gasteiger partial charge in [0.25, 0.3) is 0 Å². The molecule has 8 atom stereocenters. The minimum Gasteiger partial charge on any atom is -0.392 e. The van der Waals surface area contributed by atoms with Gasteiger partial charge in [0, 0.05) is 18.0 Å². The first-order chi connectivity index (χ1) is 9.47. The van der Waals surface area contributed by atoms with E-state index in [1.54, 1.807) is 0 Å². The highest BCUT2D eigenvalue weighted by molar-refractivity contribution is 5.02. The van der Waals surface area contributed by atoms with Gasteiger partial charge in [0.2, 0.25) is 0 Å². The Bertz CT molecular complexity index is 348. The summed E-state index contributed by atoms with van der Waals surface area (Å²) in [4.78, 5) is 2.55. The van der Waals surface area contributed by atoms with Crippen molar-refractivity contribution in [3.63, 3.8) is 0 Å². The van der Waals surface area contributed by atoms with Gasteiger partial charge in [-0.25, -0.2) is 0 Å². The van der Waals surface area contributed by atoms with Crippen molar-refractivity contribution < 1.29 is 5.11 Å². The molecule has 116 valence electrons. The Morgan fingerprint density at radius 1 is 1.00 bits per heavy atom. The van der Waals surface area contributed by atoms with Gasteiger partial charge in [0.05, 0.1) is 12.3 Å². The second-order valence-corrected chi connectivity index (χ2v) is 8.08. The van der Waals surface area contributed by atoms with Crippen LogP contribution in [0.1, 0.15) is 52.9 Å². The highest BCUT2D eigenvalue weighted by Crippen LogP contribution is 2.40. The topological polar surface area (TPSA) is 35.5 Å². The van der Waals surface area contributed by atoms with Gasteiger partial charge in [-0.3, -0.25) is 10.2 Å². The van der Waals surface area contributed by atoms with Gasteiger partial charge in [-0.05, 0) is 56.9 Å². The summed E-state index contributed by atoms with van der Waals surface area (Å²) in [6.07, 6.45) is 6.58. The average molecular weight is 280 g/mol. The SMILES string of the molecule is CC1CCC2C(C1)NC(C1CC(C)CC(C)C1O)N2C. The van der Waals surface area contributed by atoms with Crippen molar-refractivity contribution in [2.45, 2.75) is 77.2 Å². The van der Waals surface area contributed by atoms with Crippen LogP contribution in [0.2, 0.25) is 0 Å². The molecule has 20 heavy (non-hydrogen) atoms. The van der Waals surface area contributed by atoms with Crippen molar-refractivity contribution in [3.8, 4) is 0 Å². The standard InChI is InChI=1S/C17H32N2O/c1-10-5-6-15-14(9-10)18-17(19(15)4)13-8-11(2)7-12(3)16(13)20/h10-18,20H,5-9H2,1-4H3. The Morgan fingerprint density at radius 3 is 2.50 bits per heavy atom. The van der Waals surface area contributed by atoms with Crippen molar-refractivity contribution in [3.05, 3.63) is 0 Å².